The molecule has 0 radical (unpaired) electrons. The summed E-state index contributed by atoms with van der Waals surface area (Å²) in [5, 5.41) is 11.4. The van der Waals surface area contributed by atoms with Gasteiger partial charge < -0.3 is 10.6 Å². The van der Waals surface area contributed by atoms with E-state index in [2.05, 4.69) is 40.9 Å². The highest BCUT2D eigenvalue weighted by Gasteiger charge is 2.03. The van der Waals surface area contributed by atoms with Crippen molar-refractivity contribution in [3.8, 4) is 0 Å². The first-order chi connectivity index (χ1) is 9.58. The number of benzene rings is 1. The molecule has 0 atom stereocenters. The second-order valence-corrected chi connectivity index (χ2v) is 5.18. The Labute approximate surface area is 125 Å². The minimum Gasteiger partial charge on any atom is -0.363 e. The SMILES string of the molecule is CCNC(=S)Nc1cccc(Cn2nc(C)cc2C)c1. The number of nitrogens with one attached hydrogen (secondary N) is 2. The van der Waals surface area contributed by atoms with Crippen molar-refractivity contribution < 1.29 is 0 Å². The molecule has 4 nitrogen and oxygen atoms in total. The first-order valence-electron chi connectivity index (χ1n) is 6.73. The summed E-state index contributed by atoms with van der Waals surface area (Å²) in [6.45, 7) is 7.69. The van der Waals surface area contributed by atoms with Crippen LogP contribution in [0.1, 0.15) is 23.9 Å². The van der Waals surface area contributed by atoms with E-state index in [0.29, 0.717) is 5.11 Å². The van der Waals surface area contributed by atoms with Crippen LogP contribution in [0.2, 0.25) is 0 Å². The molecule has 0 unspecified atom stereocenters. The summed E-state index contributed by atoms with van der Waals surface area (Å²) in [6, 6.07) is 10.3. The maximum absolute atomic E-state index is 5.19. The number of nitrogens with zero attached hydrogens (tertiary/aromatic N) is 2. The van der Waals surface area contributed by atoms with E-state index in [4.69, 9.17) is 12.2 Å². The zero-order chi connectivity index (χ0) is 14.5. The molecular formula is C15H20N4S. The molecule has 1 aromatic heterocycles. The Hall–Kier alpha value is -1.88. The van der Waals surface area contributed by atoms with Crippen LogP contribution in [0.25, 0.3) is 0 Å². The molecule has 5 heteroatoms. The van der Waals surface area contributed by atoms with Crippen LogP contribution in [0, 0.1) is 13.8 Å². The lowest BCUT2D eigenvalue weighted by Crippen LogP contribution is -2.27. The Morgan fingerprint density at radius 3 is 2.75 bits per heavy atom. The Bertz CT molecular complexity index is 604. The molecule has 106 valence electrons. The van der Waals surface area contributed by atoms with Crippen LogP contribution in [0.5, 0.6) is 0 Å². The van der Waals surface area contributed by atoms with Crippen LogP contribution in [-0.4, -0.2) is 21.4 Å². The second-order valence-electron chi connectivity index (χ2n) is 4.77. The molecule has 0 aliphatic heterocycles. The average molecular weight is 288 g/mol. The zero-order valence-electron chi connectivity index (χ0n) is 12.1. The number of hydrogen-bond acceptors (Lipinski definition) is 2. The van der Waals surface area contributed by atoms with E-state index in [1.165, 1.54) is 11.3 Å². The second kappa shape index (κ2) is 6.52. The van der Waals surface area contributed by atoms with Crippen molar-refractivity contribution in [2.45, 2.75) is 27.3 Å². The van der Waals surface area contributed by atoms with Gasteiger partial charge in [-0.15, -0.1) is 0 Å². The van der Waals surface area contributed by atoms with Gasteiger partial charge in [-0.25, -0.2) is 0 Å². The van der Waals surface area contributed by atoms with E-state index >= 15 is 0 Å². The summed E-state index contributed by atoms with van der Waals surface area (Å²) in [6.07, 6.45) is 0. The predicted octanol–water partition coefficient (Wildman–Crippen LogP) is 2.85. The first-order valence-corrected chi connectivity index (χ1v) is 7.14. The van der Waals surface area contributed by atoms with Crippen molar-refractivity contribution in [2.75, 3.05) is 11.9 Å². The van der Waals surface area contributed by atoms with E-state index in [9.17, 15) is 0 Å². The lowest BCUT2D eigenvalue weighted by atomic mass is 10.2. The zero-order valence-corrected chi connectivity index (χ0v) is 12.9. The minimum atomic E-state index is 0.649. The molecule has 2 N–H and O–H groups in total. The number of anilines is 1. The van der Waals surface area contributed by atoms with Gasteiger partial charge in [0.2, 0.25) is 0 Å². The molecule has 1 aromatic carbocycles. The molecule has 1 heterocycles. The quantitative estimate of drug-likeness (QED) is 0.849. The summed E-state index contributed by atoms with van der Waals surface area (Å²) in [7, 11) is 0. The average Bonchev–Trinajstić information content (AvgIpc) is 2.68. The molecule has 0 saturated carbocycles. The summed E-state index contributed by atoms with van der Waals surface area (Å²) in [5.41, 5.74) is 4.41. The Balaban J connectivity index is 2.09. The molecule has 2 aromatic rings. The summed E-state index contributed by atoms with van der Waals surface area (Å²) < 4.78 is 2.01. The maximum atomic E-state index is 5.19. The Morgan fingerprint density at radius 1 is 1.30 bits per heavy atom. The van der Waals surface area contributed by atoms with Crippen LogP contribution in [0.3, 0.4) is 0 Å². The topological polar surface area (TPSA) is 41.9 Å². The Morgan fingerprint density at radius 2 is 2.10 bits per heavy atom. The van der Waals surface area contributed by atoms with Gasteiger partial charge in [0.25, 0.3) is 0 Å². The fourth-order valence-corrected chi connectivity index (χ4v) is 2.35. The standard InChI is InChI=1S/C15H20N4S/c1-4-16-15(20)17-14-7-5-6-13(9-14)10-19-12(3)8-11(2)18-19/h5-9H,4,10H2,1-3H3,(H2,16,17,20). The van der Waals surface area contributed by atoms with E-state index in [0.717, 1.165) is 24.5 Å². The largest absolute Gasteiger partial charge is 0.363 e. The number of aromatic nitrogens is 2. The fourth-order valence-electron chi connectivity index (χ4n) is 2.09. The highest BCUT2D eigenvalue weighted by molar-refractivity contribution is 7.80. The van der Waals surface area contributed by atoms with Gasteiger partial charge in [-0.3, -0.25) is 4.68 Å². The van der Waals surface area contributed by atoms with Crippen LogP contribution in [0.15, 0.2) is 30.3 Å². The number of thiocarbonyl (C=S) groups is 1. The smallest absolute Gasteiger partial charge is 0.170 e. The summed E-state index contributed by atoms with van der Waals surface area (Å²) in [5.74, 6) is 0. The van der Waals surface area contributed by atoms with Crippen molar-refractivity contribution in [1.82, 2.24) is 15.1 Å². The normalized spacial score (nSPS) is 10.3. The highest BCUT2D eigenvalue weighted by atomic mass is 32.1. The van der Waals surface area contributed by atoms with Crippen molar-refractivity contribution in [1.29, 1.82) is 0 Å². The van der Waals surface area contributed by atoms with Gasteiger partial charge in [0.15, 0.2) is 5.11 Å². The number of aryl methyl sites for hydroxylation is 2. The maximum Gasteiger partial charge on any atom is 0.170 e. The van der Waals surface area contributed by atoms with Crippen molar-refractivity contribution >= 4 is 23.0 Å². The molecule has 0 spiro atoms. The van der Waals surface area contributed by atoms with Crippen LogP contribution in [-0.2, 0) is 6.54 Å². The molecule has 0 bridgehead atoms. The molecule has 0 amide bonds. The van der Waals surface area contributed by atoms with Crippen LogP contribution in [0.4, 0.5) is 5.69 Å². The van der Waals surface area contributed by atoms with Crippen LogP contribution < -0.4 is 10.6 Å². The van der Waals surface area contributed by atoms with Gasteiger partial charge in [-0.1, -0.05) is 12.1 Å². The van der Waals surface area contributed by atoms with Crippen molar-refractivity contribution in [3.05, 3.63) is 47.3 Å². The molecular weight excluding hydrogens is 268 g/mol. The van der Waals surface area contributed by atoms with E-state index in [1.54, 1.807) is 0 Å². The minimum absolute atomic E-state index is 0.649. The van der Waals surface area contributed by atoms with Gasteiger partial charge in [-0.2, -0.15) is 5.10 Å². The van der Waals surface area contributed by atoms with Gasteiger partial charge in [0.05, 0.1) is 12.2 Å². The highest BCUT2D eigenvalue weighted by Crippen LogP contribution is 2.13. The molecule has 2 rings (SSSR count). The van der Waals surface area contributed by atoms with Gasteiger partial charge in [0.1, 0.15) is 0 Å². The predicted molar refractivity (Wildman–Crippen MR) is 87.1 cm³/mol. The summed E-state index contributed by atoms with van der Waals surface area (Å²) in [4.78, 5) is 0. The summed E-state index contributed by atoms with van der Waals surface area (Å²) >= 11 is 5.19. The lowest BCUT2D eigenvalue weighted by molar-refractivity contribution is 0.659. The van der Waals surface area contributed by atoms with E-state index < -0.39 is 0 Å². The molecule has 0 aliphatic rings. The lowest BCUT2D eigenvalue weighted by Gasteiger charge is -2.10. The fraction of sp³-hybridized carbons (Fsp3) is 0.333. The number of hydrogen-bond donors (Lipinski definition) is 2. The molecule has 0 saturated heterocycles. The molecule has 20 heavy (non-hydrogen) atoms. The van der Waals surface area contributed by atoms with Gasteiger partial charge in [-0.05, 0) is 56.8 Å². The monoisotopic (exact) mass is 288 g/mol. The van der Waals surface area contributed by atoms with Gasteiger partial charge in [0, 0.05) is 17.9 Å². The molecule has 0 aliphatic carbocycles. The third kappa shape index (κ3) is 3.81. The van der Waals surface area contributed by atoms with Crippen molar-refractivity contribution in [3.63, 3.8) is 0 Å². The van der Waals surface area contributed by atoms with Crippen LogP contribution >= 0.6 is 12.2 Å². The van der Waals surface area contributed by atoms with E-state index in [-0.39, 0.29) is 0 Å². The number of rotatable bonds is 4. The van der Waals surface area contributed by atoms with Crippen molar-refractivity contribution in [2.24, 2.45) is 0 Å². The third-order valence-electron chi connectivity index (χ3n) is 2.96. The van der Waals surface area contributed by atoms with Gasteiger partial charge >= 0.3 is 0 Å². The van der Waals surface area contributed by atoms with E-state index in [1.807, 2.05) is 30.7 Å². The first kappa shape index (κ1) is 14.5. The molecule has 0 fully saturated rings. The Kier molecular flexibility index (Phi) is 4.74. The third-order valence-corrected chi connectivity index (χ3v) is 3.20.